The van der Waals surface area contributed by atoms with E-state index in [1.165, 1.54) is 5.56 Å². The zero-order valence-corrected chi connectivity index (χ0v) is 14.8. The highest BCUT2D eigenvalue weighted by Crippen LogP contribution is 2.36. The van der Waals surface area contributed by atoms with Crippen molar-refractivity contribution in [2.75, 3.05) is 19.5 Å². The van der Waals surface area contributed by atoms with Gasteiger partial charge in [0, 0.05) is 36.5 Å². The van der Waals surface area contributed by atoms with E-state index in [2.05, 4.69) is 60.0 Å². The van der Waals surface area contributed by atoms with E-state index in [0.29, 0.717) is 5.25 Å². The largest absolute Gasteiger partial charge is 0.381 e. The molecule has 1 unspecified atom stereocenters. The maximum atomic E-state index is 5.61. The average Bonchev–Trinajstić information content (AvgIpc) is 3.03. The lowest BCUT2D eigenvalue weighted by molar-refractivity contribution is 0.0419. The quantitative estimate of drug-likeness (QED) is 0.814. The van der Waals surface area contributed by atoms with Crippen LogP contribution in [0.5, 0.6) is 0 Å². The Balaban J connectivity index is 1.79. The molecule has 5 heteroatoms. The molecule has 2 heterocycles. The molecule has 1 atom stereocenters. The second-order valence-electron chi connectivity index (χ2n) is 6.42. The van der Waals surface area contributed by atoms with Crippen LogP contribution in [0.25, 0.3) is 0 Å². The topological polar surface area (TPSA) is 39.9 Å². The zero-order valence-electron chi connectivity index (χ0n) is 13.9. The summed E-state index contributed by atoms with van der Waals surface area (Å²) < 4.78 is 7.64. The number of hydrogen-bond donors (Lipinski definition) is 0. The monoisotopic (exact) mass is 331 g/mol. The second-order valence-corrected chi connectivity index (χ2v) is 7.69. The number of rotatable bonds is 6. The van der Waals surface area contributed by atoms with Gasteiger partial charge in [0.1, 0.15) is 0 Å². The number of hydrogen-bond acceptors (Lipinski definition) is 4. The Kier molecular flexibility index (Phi) is 5.38. The van der Waals surface area contributed by atoms with E-state index in [9.17, 15) is 0 Å². The van der Waals surface area contributed by atoms with E-state index in [1.807, 2.05) is 16.4 Å². The molecule has 1 aliphatic rings. The van der Waals surface area contributed by atoms with Crippen molar-refractivity contribution in [3.63, 3.8) is 0 Å². The van der Waals surface area contributed by atoms with Crippen molar-refractivity contribution in [2.24, 2.45) is 0 Å². The Bertz CT molecular complexity index is 608. The Morgan fingerprint density at radius 2 is 2.00 bits per heavy atom. The van der Waals surface area contributed by atoms with Gasteiger partial charge in [-0.15, -0.1) is 5.10 Å². The number of thioether (sulfide) groups is 1. The molecule has 0 bridgehead atoms. The van der Waals surface area contributed by atoms with Gasteiger partial charge in [0.05, 0.1) is 12.2 Å². The SMILES string of the molecule is CSC(C)Cc1cn(CC2(c3ccccc3)CCOCC2)nn1. The zero-order chi connectivity index (χ0) is 16.1. The van der Waals surface area contributed by atoms with Crippen molar-refractivity contribution in [2.45, 2.75) is 43.4 Å². The van der Waals surface area contributed by atoms with Crippen LogP contribution in [0.4, 0.5) is 0 Å². The van der Waals surface area contributed by atoms with Crippen LogP contribution in [0.3, 0.4) is 0 Å². The highest BCUT2D eigenvalue weighted by atomic mass is 32.2. The predicted octanol–water partition coefficient (Wildman–Crippen LogP) is 3.32. The minimum Gasteiger partial charge on any atom is -0.381 e. The van der Waals surface area contributed by atoms with Gasteiger partial charge in [0.2, 0.25) is 0 Å². The van der Waals surface area contributed by atoms with E-state index in [0.717, 1.165) is 44.7 Å². The molecule has 0 saturated carbocycles. The van der Waals surface area contributed by atoms with Gasteiger partial charge >= 0.3 is 0 Å². The van der Waals surface area contributed by atoms with Gasteiger partial charge < -0.3 is 4.74 Å². The van der Waals surface area contributed by atoms with Gasteiger partial charge in [0.25, 0.3) is 0 Å². The summed E-state index contributed by atoms with van der Waals surface area (Å²) in [7, 11) is 0. The van der Waals surface area contributed by atoms with Crippen LogP contribution in [0.15, 0.2) is 36.5 Å². The van der Waals surface area contributed by atoms with Gasteiger partial charge in [-0.3, -0.25) is 4.68 Å². The van der Waals surface area contributed by atoms with Gasteiger partial charge in [-0.1, -0.05) is 42.5 Å². The molecule has 0 N–H and O–H groups in total. The molecule has 2 aromatic rings. The van der Waals surface area contributed by atoms with Crippen molar-refractivity contribution in [3.8, 4) is 0 Å². The fraction of sp³-hybridized carbons (Fsp3) is 0.556. The van der Waals surface area contributed by atoms with Crippen molar-refractivity contribution in [3.05, 3.63) is 47.8 Å². The molecular weight excluding hydrogens is 306 g/mol. The lowest BCUT2D eigenvalue weighted by Crippen LogP contribution is -2.38. The van der Waals surface area contributed by atoms with Gasteiger partial charge in [-0.2, -0.15) is 11.8 Å². The Morgan fingerprint density at radius 1 is 1.26 bits per heavy atom. The van der Waals surface area contributed by atoms with Crippen LogP contribution in [0.1, 0.15) is 31.0 Å². The number of aromatic nitrogens is 3. The van der Waals surface area contributed by atoms with Crippen LogP contribution in [-0.4, -0.2) is 39.7 Å². The first-order valence-electron chi connectivity index (χ1n) is 8.27. The highest BCUT2D eigenvalue weighted by molar-refractivity contribution is 7.99. The van der Waals surface area contributed by atoms with E-state index in [4.69, 9.17) is 4.74 Å². The molecule has 0 spiro atoms. The van der Waals surface area contributed by atoms with Crippen LogP contribution in [0, 0.1) is 0 Å². The van der Waals surface area contributed by atoms with Crippen molar-refractivity contribution < 1.29 is 4.74 Å². The van der Waals surface area contributed by atoms with Crippen molar-refractivity contribution in [1.29, 1.82) is 0 Å². The van der Waals surface area contributed by atoms with Crippen LogP contribution in [0.2, 0.25) is 0 Å². The smallest absolute Gasteiger partial charge is 0.0838 e. The maximum absolute atomic E-state index is 5.61. The number of ether oxygens (including phenoxy) is 1. The lowest BCUT2D eigenvalue weighted by atomic mass is 9.74. The first kappa shape index (κ1) is 16.5. The summed E-state index contributed by atoms with van der Waals surface area (Å²) in [6, 6.07) is 10.8. The molecule has 1 fully saturated rings. The van der Waals surface area contributed by atoms with Crippen LogP contribution >= 0.6 is 11.8 Å². The summed E-state index contributed by atoms with van der Waals surface area (Å²) in [4.78, 5) is 0. The summed E-state index contributed by atoms with van der Waals surface area (Å²) in [6.07, 6.45) is 7.30. The second kappa shape index (κ2) is 7.49. The van der Waals surface area contributed by atoms with Gasteiger partial charge in [-0.25, -0.2) is 0 Å². The van der Waals surface area contributed by atoms with E-state index < -0.39 is 0 Å². The molecule has 4 nitrogen and oxygen atoms in total. The predicted molar refractivity (Wildman–Crippen MR) is 94.9 cm³/mol. The summed E-state index contributed by atoms with van der Waals surface area (Å²) >= 11 is 1.87. The van der Waals surface area contributed by atoms with Crippen molar-refractivity contribution in [1.82, 2.24) is 15.0 Å². The minimum absolute atomic E-state index is 0.107. The minimum atomic E-state index is 0.107. The summed E-state index contributed by atoms with van der Waals surface area (Å²) in [5, 5.41) is 9.32. The van der Waals surface area contributed by atoms with E-state index in [1.54, 1.807) is 0 Å². The Hall–Kier alpha value is -1.33. The van der Waals surface area contributed by atoms with E-state index in [-0.39, 0.29) is 5.41 Å². The fourth-order valence-corrected chi connectivity index (χ4v) is 3.63. The number of benzene rings is 1. The molecule has 3 rings (SSSR count). The third-order valence-electron chi connectivity index (χ3n) is 4.79. The molecule has 1 aliphatic heterocycles. The molecule has 1 aromatic carbocycles. The molecule has 23 heavy (non-hydrogen) atoms. The fourth-order valence-electron chi connectivity index (χ4n) is 3.29. The molecule has 124 valence electrons. The third kappa shape index (κ3) is 3.96. The Labute approximate surface area is 142 Å². The molecule has 0 radical (unpaired) electrons. The van der Waals surface area contributed by atoms with E-state index >= 15 is 0 Å². The molecule has 1 saturated heterocycles. The van der Waals surface area contributed by atoms with Crippen molar-refractivity contribution >= 4 is 11.8 Å². The van der Waals surface area contributed by atoms with Gasteiger partial charge in [-0.05, 0) is 24.7 Å². The lowest BCUT2D eigenvalue weighted by Gasteiger charge is -2.37. The number of nitrogens with zero attached hydrogens (tertiary/aromatic N) is 3. The van der Waals surface area contributed by atoms with Crippen LogP contribution < -0.4 is 0 Å². The first-order valence-corrected chi connectivity index (χ1v) is 9.56. The molecule has 1 aromatic heterocycles. The molecular formula is C18H25N3OS. The van der Waals surface area contributed by atoms with Gasteiger partial charge in [0.15, 0.2) is 0 Å². The highest BCUT2D eigenvalue weighted by Gasteiger charge is 2.35. The summed E-state index contributed by atoms with van der Waals surface area (Å²) in [5.74, 6) is 0. The summed E-state index contributed by atoms with van der Waals surface area (Å²) in [6.45, 7) is 4.74. The average molecular weight is 331 g/mol. The van der Waals surface area contributed by atoms with Crippen LogP contribution in [-0.2, 0) is 23.1 Å². The normalized spacial score (nSPS) is 18.7. The third-order valence-corrected chi connectivity index (χ3v) is 5.76. The summed E-state index contributed by atoms with van der Waals surface area (Å²) in [5.41, 5.74) is 2.58. The first-order chi connectivity index (χ1) is 11.2. The molecule has 0 amide bonds. The molecule has 0 aliphatic carbocycles. The maximum Gasteiger partial charge on any atom is 0.0838 e. The Morgan fingerprint density at radius 3 is 2.70 bits per heavy atom. The standard InChI is InChI=1S/C18H25N3OS/c1-15(23-2)12-17-13-21(20-19-17)14-18(8-10-22-11-9-18)16-6-4-3-5-7-16/h3-7,13,15H,8-12,14H2,1-2H3.